The maximum atomic E-state index is 12.2. The van der Waals surface area contributed by atoms with Crippen molar-refractivity contribution in [1.82, 2.24) is 5.43 Å². The van der Waals surface area contributed by atoms with Crippen LogP contribution in [0.5, 0.6) is 0 Å². The number of hydrogen-bond donors (Lipinski definition) is 1. The second-order valence-corrected chi connectivity index (χ2v) is 7.41. The minimum atomic E-state index is -0.138. The first-order valence-corrected chi connectivity index (χ1v) is 9.12. The molecule has 0 aromatic heterocycles. The molecule has 120 valence electrons. The van der Waals surface area contributed by atoms with Gasteiger partial charge >= 0.3 is 0 Å². The van der Waals surface area contributed by atoms with Gasteiger partial charge in [-0.1, -0.05) is 37.0 Å². The van der Waals surface area contributed by atoms with Gasteiger partial charge in [-0.25, -0.2) is 5.43 Å². The molecule has 22 heavy (non-hydrogen) atoms. The van der Waals surface area contributed by atoms with Crippen molar-refractivity contribution in [1.29, 1.82) is 0 Å². The van der Waals surface area contributed by atoms with E-state index in [0.717, 1.165) is 23.4 Å². The lowest BCUT2D eigenvalue weighted by Crippen LogP contribution is -2.28. The fourth-order valence-corrected chi connectivity index (χ4v) is 3.39. The van der Waals surface area contributed by atoms with E-state index in [1.54, 1.807) is 11.8 Å². The van der Waals surface area contributed by atoms with Crippen molar-refractivity contribution in [2.24, 2.45) is 5.10 Å². The van der Waals surface area contributed by atoms with Crippen molar-refractivity contribution >= 4 is 23.4 Å². The van der Waals surface area contributed by atoms with E-state index in [4.69, 9.17) is 0 Å². The van der Waals surface area contributed by atoms with Crippen molar-refractivity contribution in [3.8, 4) is 0 Å². The maximum absolute atomic E-state index is 12.2. The van der Waals surface area contributed by atoms with Gasteiger partial charge in [0.15, 0.2) is 0 Å². The molecule has 3 nitrogen and oxygen atoms in total. The van der Waals surface area contributed by atoms with Gasteiger partial charge in [-0.3, -0.25) is 4.79 Å². The third-order valence-corrected chi connectivity index (χ3v) is 5.07. The Balaban J connectivity index is 1.83. The van der Waals surface area contributed by atoms with Crippen LogP contribution in [0.25, 0.3) is 0 Å². The monoisotopic (exact) mass is 318 g/mol. The molecule has 2 rings (SSSR count). The van der Waals surface area contributed by atoms with Gasteiger partial charge in [0, 0.05) is 10.6 Å². The molecule has 0 aliphatic heterocycles. The number of carbonyl (C=O) groups is 1. The molecule has 1 aromatic rings. The molecular weight excluding hydrogens is 292 g/mol. The molecule has 1 saturated carbocycles. The van der Waals surface area contributed by atoms with Crippen molar-refractivity contribution in [2.45, 2.75) is 68.9 Å². The van der Waals surface area contributed by atoms with Crippen LogP contribution >= 0.6 is 11.8 Å². The second kappa shape index (κ2) is 8.99. The molecule has 1 amide bonds. The van der Waals surface area contributed by atoms with Crippen LogP contribution in [0, 0.1) is 6.92 Å². The quantitative estimate of drug-likeness (QED) is 0.646. The highest BCUT2D eigenvalue weighted by molar-refractivity contribution is 8.00. The predicted octanol–water partition coefficient (Wildman–Crippen LogP) is 4.69. The van der Waals surface area contributed by atoms with Gasteiger partial charge in [0.05, 0.1) is 5.25 Å². The zero-order valence-corrected chi connectivity index (χ0v) is 14.4. The number of hydrogen-bond acceptors (Lipinski definition) is 3. The first-order chi connectivity index (χ1) is 10.6. The summed E-state index contributed by atoms with van der Waals surface area (Å²) in [7, 11) is 0. The van der Waals surface area contributed by atoms with Gasteiger partial charge in [0.1, 0.15) is 0 Å². The summed E-state index contributed by atoms with van der Waals surface area (Å²) in [6.07, 6.45) is 8.35. The van der Waals surface area contributed by atoms with Gasteiger partial charge in [-0.05, 0) is 51.7 Å². The summed E-state index contributed by atoms with van der Waals surface area (Å²) in [5.41, 5.74) is 5.15. The van der Waals surface area contributed by atoms with Gasteiger partial charge in [0.25, 0.3) is 5.91 Å². The van der Waals surface area contributed by atoms with Crippen LogP contribution in [0.1, 0.15) is 57.4 Å². The first-order valence-electron chi connectivity index (χ1n) is 8.24. The van der Waals surface area contributed by atoms with E-state index in [0.29, 0.717) is 0 Å². The molecule has 0 bridgehead atoms. The highest BCUT2D eigenvalue weighted by Crippen LogP contribution is 2.23. The van der Waals surface area contributed by atoms with Crippen molar-refractivity contribution in [2.75, 3.05) is 0 Å². The molecule has 4 heteroatoms. The topological polar surface area (TPSA) is 41.5 Å². The first kappa shape index (κ1) is 17.1. The molecule has 1 N–H and O–H groups in total. The Labute approximate surface area is 138 Å². The Bertz CT molecular complexity index is 500. The zero-order chi connectivity index (χ0) is 15.8. The number of rotatable bonds is 4. The molecule has 1 aliphatic carbocycles. The number of amides is 1. The van der Waals surface area contributed by atoms with E-state index in [9.17, 15) is 4.79 Å². The Morgan fingerprint density at radius 2 is 1.68 bits per heavy atom. The van der Waals surface area contributed by atoms with E-state index < -0.39 is 0 Å². The van der Waals surface area contributed by atoms with E-state index in [1.807, 2.05) is 6.92 Å². The summed E-state index contributed by atoms with van der Waals surface area (Å²) in [5, 5.41) is 4.23. The summed E-state index contributed by atoms with van der Waals surface area (Å²) in [6.45, 7) is 3.99. The van der Waals surface area contributed by atoms with E-state index >= 15 is 0 Å². The SMILES string of the molecule is Cc1ccc(S[C@H](C)C(=O)NN=C2CCCCCCC2)cc1. The van der Waals surface area contributed by atoms with Crippen molar-refractivity contribution in [3.05, 3.63) is 29.8 Å². The van der Waals surface area contributed by atoms with Crippen LogP contribution in [0.15, 0.2) is 34.3 Å². The number of nitrogens with one attached hydrogen (secondary N) is 1. The van der Waals surface area contributed by atoms with E-state index in [2.05, 4.69) is 41.7 Å². The zero-order valence-electron chi connectivity index (χ0n) is 13.6. The summed E-state index contributed by atoms with van der Waals surface area (Å²) in [6, 6.07) is 8.26. The summed E-state index contributed by atoms with van der Waals surface area (Å²) >= 11 is 1.57. The largest absolute Gasteiger partial charge is 0.272 e. The lowest BCUT2D eigenvalue weighted by atomic mass is 9.99. The lowest BCUT2D eigenvalue weighted by Gasteiger charge is -2.13. The van der Waals surface area contributed by atoms with Gasteiger partial charge < -0.3 is 0 Å². The number of benzene rings is 1. The fourth-order valence-electron chi connectivity index (χ4n) is 2.52. The average molecular weight is 318 g/mol. The number of aryl methyl sites for hydroxylation is 1. The third kappa shape index (κ3) is 5.84. The molecule has 1 aliphatic rings. The molecule has 0 saturated heterocycles. The smallest absolute Gasteiger partial charge is 0.253 e. The second-order valence-electron chi connectivity index (χ2n) is 5.99. The molecule has 1 aromatic carbocycles. The number of carbonyl (C=O) groups excluding carboxylic acids is 1. The molecule has 1 atom stereocenters. The van der Waals surface area contributed by atoms with Gasteiger partial charge in [-0.15, -0.1) is 11.8 Å². The normalized spacial score (nSPS) is 17.3. The Morgan fingerprint density at radius 3 is 2.32 bits per heavy atom. The summed E-state index contributed by atoms with van der Waals surface area (Å²) < 4.78 is 0. The molecule has 1 fully saturated rings. The maximum Gasteiger partial charge on any atom is 0.253 e. The van der Waals surface area contributed by atoms with Crippen molar-refractivity contribution in [3.63, 3.8) is 0 Å². The van der Waals surface area contributed by atoms with Crippen LogP contribution < -0.4 is 5.43 Å². The van der Waals surface area contributed by atoms with Crippen LogP contribution in [-0.2, 0) is 4.79 Å². The molecule has 0 heterocycles. The van der Waals surface area contributed by atoms with Crippen molar-refractivity contribution < 1.29 is 4.79 Å². The average Bonchev–Trinajstić information content (AvgIpc) is 2.48. The summed E-state index contributed by atoms with van der Waals surface area (Å²) in [5.74, 6) is -0.0138. The molecule has 0 spiro atoms. The van der Waals surface area contributed by atoms with Gasteiger partial charge in [-0.2, -0.15) is 5.10 Å². The van der Waals surface area contributed by atoms with E-state index in [1.165, 1.54) is 37.7 Å². The number of thioether (sulfide) groups is 1. The van der Waals surface area contributed by atoms with Crippen LogP contribution in [0.3, 0.4) is 0 Å². The lowest BCUT2D eigenvalue weighted by molar-refractivity contribution is -0.120. The van der Waals surface area contributed by atoms with E-state index in [-0.39, 0.29) is 11.2 Å². The van der Waals surface area contributed by atoms with Crippen LogP contribution in [-0.4, -0.2) is 16.9 Å². The fraction of sp³-hybridized carbons (Fsp3) is 0.556. The number of hydrazone groups is 1. The Kier molecular flexibility index (Phi) is 6.97. The highest BCUT2D eigenvalue weighted by atomic mass is 32.2. The molecular formula is C18H26N2OS. The van der Waals surface area contributed by atoms with Gasteiger partial charge in [0.2, 0.25) is 0 Å². The summed E-state index contributed by atoms with van der Waals surface area (Å²) in [4.78, 5) is 13.3. The number of nitrogens with zero attached hydrogens (tertiary/aromatic N) is 1. The minimum Gasteiger partial charge on any atom is -0.272 e. The van der Waals surface area contributed by atoms with Crippen LogP contribution in [0.2, 0.25) is 0 Å². The molecule has 0 radical (unpaired) electrons. The Morgan fingerprint density at radius 1 is 1.09 bits per heavy atom. The van der Waals surface area contributed by atoms with Crippen LogP contribution in [0.4, 0.5) is 0 Å². The third-order valence-electron chi connectivity index (χ3n) is 3.96. The highest BCUT2D eigenvalue weighted by Gasteiger charge is 2.14. The predicted molar refractivity (Wildman–Crippen MR) is 94.4 cm³/mol. The Hall–Kier alpha value is -1.29. The minimum absolute atomic E-state index is 0.0138. The molecule has 0 unspecified atom stereocenters. The standard InChI is InChI=1S/C18H26N2OS/c1-14-10-12-17(13-11-14)22-15(2)18(21)20-19-16-8-6-4-3-5-7-9-16/h10-13,15H,3-9H2,1-2H3,(H,20,21)/t15-/m1/s1.